The van der Waals surface area contributed by atoms with Crippen molar-refractivity contribution in [2.24, 2.45) is 0 Å². The van der Waals surface area contributed by atoms with Gasteiger partial charge in [0.1, 0.15) is 11.5 Å². The second kappa shape index (κ2) is 5.65. The van der Waals surface area contributed by atoms with Crippen LogP contribution >= 0.6 is 0 Å². The van der Waals surface area contributed by atoms with Gasteiger partial charge in [0, 0.05) is 37.5 Å². The summed E-state index contributed by atoms with van der Waals surface area (Å²) in [4.78, 5) is 20.4. The molecule has 21 heavy (non-hydrogen) atoms. The van der Waals surface area contributed by atoms with Crippen molar-refractivity contribution in [3.8, 4) is 0 Å². The van der Waals surface area contributed by atoms with Crippen molar-refractivity contribution >= 4 is 5.91 Å². The van der Waals surface area contributed by atoms with Gasteiger partial charge >= 0.3 is 0 Å². The summed E-state index contributed by atoms with van der Waals surface area (Å²) in [6.07, 6.45) is 3.98. The molecular formula is C15H18N4O2. The summed E-state index contributed by atoms with van der Waals surface area (Å²) in [7, 11) is 3.98. The largest absolute Gasteiger partial charge is 0.361 e. The Morgan fingerprint density at radius 1 is 1.48 bits per heavy atom. The van der Waals surface area contributed by atoms with Crippen LogP contribution in [-0.4, -0.2) is 46.5 Å². The number of rotatable bonds is 3. The van der Waals surface area contributed by atoms with Gasteiger partial charge in [-0.15, -0.1) is 0 Å². The summed E-state index contributed by atoms with van der Waals surface area (Å²) in [5, 5.41) is 4.14. The fourth-order valence-electron chi connectivity index (χ4n) is 2.53. The Hall–Kier alpha value is -2.21. The van der Waals surface area contributed by atoms with E-state index in [4.69, 9.17) is 4.52 Å². The molecule has 1 amide bonds. The number of carbonyl (C=O) groups is 1. The zero-order valence-electron chi connectivity index (χ0n) is 12.2. The van der Waals surface area contributed by atoms with Crippen LogP contribution in [0.3, 0.4) is 0 Å². The van der Waals surface area contributed by atoms with Crippen molar-refractivity contribution in [3.05, 3.63) is 47.1 Å². The van der Waals surface area contributed by atoms with E-state index in [2.05, 4.69) is 10.1 Å². The van der Waals surface area contributed by atoms with Crippen LogP contribution in [0.4, 0.5) is 0 Å². The third kappa shape index (κ3) is 2.80. The highest BCUT2D eigenvalue weighted by atomic mass is 16.5. The molecular weight excluding hydrogens is 268 g/mol. The second-order valence-electron chi connectivity index (χ2n) is 5.49. The molecule has 1 aliphatic rings. The molecule has 0 aromatic carbocycles. The van der Waals surface area contributed by atoms with Gasteiger partial charge in [0.2, 0.25) is 0 Å². The zero-order valence-corrected chi connectivity index (χ0v) is 12.2. The van der Waals surface area contributed by atoms with Gasteiger partial charge in [-0.3, -0.25) is 9.78 Å². The van der Waals surface area contributed by atoms with Crippen LogP contribution in [0.25, 0.3) is 0 Å². The molecule has 0 saturated heterocycles. The molecule has 0 unspecified atom stereocenters. The lowest BCUT2D eigenvalue weighted by Gasteiger charge is -2.26. The monoisotopic (exact) mass is 286 g/mol. The zero-order chi connectivity index (χ0) is 14.8. The first-order valence-electron chi connectivity index (χ1n) is 6.95. The lowest BCUT2D eigenvalue weighted by atomic mass is 10.0. The number of fused-ring (bicyclic) bond motifs is 1. The van der Waals surface area contributed by atoms with Crippen LogP contribution in [-0.2, 0) is 19.5 Å². The van der Waals surface area contributed by atoms with Crippen LogP contribution in [0.1, 0.15) is 27.4 Å². The predicted octanol–water partition coefficient (Wildman–Crippen LogP) is 1.33. The molecule has 0 radical (unpaired) electrons. The van der Waals surface area contributed by atoms with E-state index < -0.39 is 0 Å². The Kier molecular flexibility index (Phi) is 3.70. The number of hydrogen-bond acceptors (Lipinski definition) is 5. The molecule has 0 N–H and O–H groups in total. The molecule has 0 fully saturated rings. The second-order valence-corrected chi connectivity index (χ2v) is 5.49. The maximum absolute atomic E-state index is 12.5. The van der Waals surface area contributed by atoms with Crippen LogP contribution in [0.5, 0.6) is 0 Å². The van der Waals surface area contributed by atoms with Crippen molar-refractivity contribution in [1.82, 2.24) is 19.9 Å². The van der Waals surface area contributed by atoms with Crippen LogP contribution < -0.4 is 0 Å². The first-order chi connectivity index (χ1) is 10.1. The number of hydrogen-bond donors (Lipinski definition) is 0. The van der Waals surface area contributed by atoms with E-state index in [0.29, 0.717) is 31.6 Å². The molecule has 0 atom stereocenters. The van der Waals surface area contributed by atoms with E-state index in [1.54, 1.807) is 24.5 Å². The minimum atomic E-state index is 0.00533. The quantitative estimate of drug-likeness (QED) is 0.852. The average molecular weight is 286 g/mol. The van der Waals surface area contributed by atoms with Gasteiger partial charge in [0.25, 0.3) is 5.91 Å². The number of pyridine rings is 1. The van der Waals surface area contributed by atoms with E-state index in [-0.39, 0.29) is 5.91 Å². The highest BCUT2D eigenvalue weighted by Gasteiger charge is 2.27. The molecule has 2 aromatic heterocycles. The summed E-state index contributed by atoms with van der Waals surface area (Å²) in [6, 6.07) is 3.57. The van der Waals surface area contributed by atoms with E-state index >= 15 is 0 Å². The molecule has 6 nitrogen and oxygen atoms in total. The SMILES string of the molecule is CN(C)Cc1noc2c1CN(C(=O)c1cccnc1)CC2. The van der Waals surface area contributed by atoms with Crippen molar-refractivity contribution in [3.63, 3.8) is 0 Å². The fraction of sp³-hybridized carbons (Fsp3) is 0.400. The number of aromatic nitrogens is 2. The summed E-state index contributed by atoms with van der Waals surface area (Å²) in [5.74, 6) is 0.910. The molecule has 0 aliphatic carbocycles. The standard InChI is InChI=1S/C15H18N4O2/c1-18(2)10-13-12-9-19(7-5-14(12)21-17-13)15(20)11-4-3-6-16-8-11/h3-4,6,8H,5,7,9-10H2,1-2H3. The third-order valence-electron chi connectivity index (χ3n) is 3.57. The van der Waals surface area contributed by atoms with Gasteiger partial charge in [-0.25, -0.2) is 0 Å². The summed E-state index contributed by atoms with van der Waals surface area (Å²) >= 11 is 0. The molecule has 0 bridgehead atoms. The van der Waals surface area contributed by atoms with Crippen molar-refractivity contribution in [2.45, 2.75) is 19.5 Å². The Morgan fingerprint density at radius 3 is 3.05 bits per heavy atom. The molecule has 3 rings (SSSR count). The number of carbonyl (C=O) groups excluding carboxylic acids is 1. The summed E-state index contributed by atoms with van der Waals surface area (Å²) < 4.78 is 5.39. The first kappa shape index (κ1) is 13.8. The molecule has 110 valence electrons. The third-order valence-corrected chi connectivity index (χ3v) is 3.57. The van der Waals surface area contributed by atoms with Gasteiger partial charge in [0.15, 0.2) is 0 Å². The van der Waals surface area contributed by atoms with Crippen LogP contribution in [0.15, 0.2) is 29.0 Å². The van der Waals surface area contributed by atoms with E-state index in [1.807, 2.05) is 23.9 Å². The average Bonchev–Trinajstić information content (AvgIpc) is 2.89. The van der Waals surface area contributed by atoms with Gasteiger partial charge in [-0.05, 0) is 26.2 Å². The Bertz CT molecular complexity index is 636. The molecule has 2 aromatic rings. The van der Waals surface area contributed by atoms with Gasteiger partial charge in [0.05, 0.1) is 12.1 Å². The topological polar surface area (TPSA) is 62.5 Å². The van der Waals surface area contributed by atoms with E-state index in [1.165, 1.54) is 0 Å². The van der Waals surface area contributed by atoms with E-state index in [0.717, 1.165) is 17.0 Å². The first-order valence-corrected chi connectivity index (χ1v) is 6.95. The molecule has 0 spiro atoms. The summed E-state index contributed by atoms with van der Waals surface area (Å²) in [6.45, 7) is 1.92. The molecule has 3 heterocycles. The fourth-order valence-corrected chi connectivity index (χ4v) is 2.53. The Balaban J connectivity index is 1.80. The Morgan fingerprint density at radius 2 is 2.33 bits per heavy atom. The van der Waals surface area contributed by atoms with Crippen molar-refractivity contribution in [1.29, 1.82) is 0 Å². The minimum absolute atomic E-state index is 0.00533. The van der Waals surface area contributed by atoms with Crippen LogP contribution in [0, 0.1) is 0 Å². The maximum atomic E-state index is 12.5. The number of amides is 1. The van der Waals surface area contributed by atoms with E-state index in [9.17, 15) is 4.79 Å². The van der Waals surface area contributed by atoms with Crippen LogP contribution in [0.2, 0.25) is 0 Å². The highest BCUT2D eigenvalue weighted by molar-refractivity contribution is 5.94. The smallest absolute Gasteiger partial charge is 0.255 e. The Labute approximate surface area is 123 Å². The number of nitrogens with zero attached hydrogens (tertiary/aromatic N) is 4. The minimum Gasteiger partial charge on any atom is -0.361 e. The maximum Gasteiger partial charge on any atom is 0.255 e. The summed E-state index contributed by atoms with van der Waals surface area (Å²) in [5.41, 5.74) is 2.58. The molecule has 0 saturated carbocycles. The van der Waals surface area contributed by atoms with Gasteiger partial charge < -0.3 is 14.3 Å². The van der Waals surface area contributed by atoms with Crippen molar-refractivity contribution in [2.75, 3.05) is 20.6 Å². The lowest BCUT2D eigenvalue weighted by molar-refractivity contribution is 0.0728. The molecule has 6 heteroatoms. The highest BCUT2D eigenvalue weighted by Crippen LogP contribution is 2.24. The predicted molar refractivity (Wildman–Crippen MR) is 76.6 cm³/mol. The molecule has 1 aliphatic heterocycles. The normalized spacial score (nSPS) is 14.3. The lowest BCUT2D eigenvalue weighted by Crippen LogP contribution is -2.36. The van der Waals surface area contributed by atoms with Gasteiger partial charge in [-0.2, -0.15) is 0 Å². The van der Waals surface area contributed by atoms with Crippen molar-refractivity contribution < 1.29 is 9.32 Å². The van der Waals surface area contributed by atoms with Gasteiger partial charge in [-0.1, -0.05) is 5.16 Å².